The van der Waals surface area contributed by atoms with Gasteiger partial charge in [-0.3, -0.25) is 4.79 Å². The highest BCUT2D eigenvalue weighted by molar-refractivity contribution is 7.13. The van der Waals surface area contributed by atoms with Crippen molar-refractivity contribution in [2.24, 2.45) is 0 Å². The van der Waals surface area contributed by atoms with E-state index in [1.165, 1.54) is 11.3 Å². The fraction of sp³-hybridized carbons (Fsp3) is 0.500. The Balaban J connectivity index is 0.00000144. The van der Waals surface area contributed by atoms with E-state index < -0.39 is 0 Å². The summed E-state index contributed by atoms with van der Waals surface area (Å²) in [7, 11) is 1.93. The lowest BCUT2D eigenvalue weighted by molar-refractivity contribution is -0.131. The van der Waals surface area contributed by atoms with Crippen molar-refractivity contribution in [3.63, 3.8) is 0 Å². The van der Waals surface area contributed by atoms with E-state index in [9.17, 15) is 4.79 Å². The van der Waals surface area contributed by atoms with Crippen molar-refractivity contribution in [2.75, 3.05) is 20.1 Å². The Bertz CT molecular complexity index is 659. The molecule has 1 fully saturated rings. The van der Waals surface area contributed by atoms with Gasteiger partial charge in [0.2, 0.25) is 5.91 Å². The number of aryl methyl sites for hydroxylation is 1. The predicted molar refractivity (Wildman–Crippen MR) is 101 cm³/mol. The van der Waals surface area contributed by atoms with E-state index in [1.807, 2.05) is 36.4 Å². The van der Waals surface area contributed by atoms with E-state index in [0.29, 0.717) is 12.5 Å². The van der Waals surface area contributed by atoms with Crippen LogP contribution in [0.3, 0.4) is 0 Å². The molecule has 5 nitrogen and oxygen atoms in total. The Morgan fingerprint density at radius 3 is 2.92 bits per heavy atom. The Labute approximate surface area is 158 Å². The summed E-state index contributed by atoms with van der Waals surface area (Å²) in [6.07, 6.45) is 2.54. The van der Waals surface area contributed by atoms with E-state index in [4.69, 9.17) is 4.42 Å². The van der Waals surface area contributed by atoms with Crippen LogP contribution in [0.4, 0.5) is 0 Å². The zero-order valence-corrected chi connectivity index (χ0v) is 16.2. The number of nitrogens with zero attached hydrogens (tertiary/aromatic N) is 2. The van der Waals surface area contributed by atoms with Crippen LogP contribution in [0.1, 0.15) is 24.3 Å². The van der Waals surface area contributed by atoms with Crippen LogP contribution in [0.25, 0.3) is 10.8 Å². The number of aromatic nitrogens is 1. The molecule has 2 aromatic heterocycles. The first kappa shape index (κ1) is 21.0. The molecule has 0 saturated carbocycles. The summed E-state index contributed by atoms with van der Waals surface area (Å²) in [5, 5.41) is 5.96. The van der Waals surface area contributed by atoms with Gasteiger partial charge in [0.25, 0.3) is 0 Å². The number of likely N-dealkylation sites (tertiary alicyclic amines) is 1. The summed E-state index contributed by atoms with van der Waals surface area (Å²) in [6.45, 7) is 3.64. The van der Waals surface area contributed by atoms with E-state index >= 15 is 0 Å². The quantitative estimate of drug-likeness (QED) is 0.848. The van der Waals surface area contributed by atoms with Crippen LogP contribution >= 0.6 is 36.2 Å². The van der Waals surface area contributed by atoms with Crippen molar-refractivity contribution in [3.05, 3.63) is 29.0 Å². The van der Waals surface area contributed by atoms with Crippen LogP contribution in [-0.4, -0.2) is 42.0 Å². The number of likely N-dealkylation sites (N-methyl/N-ethyl adjacent to an activating group) is 1. The minimum absolute atomic E-state index is 0. The van der Waals surface area contributed by atoms with E-state index in [2.05, 4.69) is 10.3 Å². The highest BCUT2D eigenvalue weighted by Crippen LogP contribution is 2.26. The zero-order chi connectivity index (χ0) is 15.5. The molecule has 134 valence electrons. The Morgan fingerprint density at radius 1 is 1.46 bits per heavy atom. The van der Waals surface area contributed by atoms with Crippen LogP contribution in [-0.2, 0) is 11.2 Å². The maximum atomic E-state index is 12.5. The first-order valence-electron chi connectivity index (χ1n) is 7.62. The normalized spacial score (nSPS) is 16.6. The topological polar surface area (TPSA) is 58.4 Å². The van der Waals surface area contributed by atoms with Gasteiger partial charge in [-0.15, -0.1) is 36.2 Å². The Hall–Kier alpha value is -1.08. The SMILES string of the molecule is CNCC1CCCN1C(=O)Cc1csc(-c2ccc(C)o2)n1.Cl.Cl. The molecule has 1 atom stereocenters. The number of hydrogen-bond acceptors (Lipinski definition) is 5. The number of carbonyl (C=O) groups excluding carboxylic acids is 1. The monoisotopic (exact) mass is 391 g/mol. The Morgan fingerprint density at radius 2 is 2.25 bits per heavy atom. The zero-order valence-electron chi connectivity index (χ0n) is 13.8. The molecule has 0 spiro atoms. The third kappa shape index (κ3) is 4.72. The van der Waals surface area contributed by atoms with Gasteiger partial charge in [-0.05, 0) is 38.9 Å². The lowest BCUT2D eigenvalue weighted by Crippen LogP contribution is -2.41. The van der Waals surface area contributed by atoms with E-state index in [0.717, 1.165) is 48.2 Å². The largest absolute Gasteiger partial charge is 0.459 e. The van der Waals surface area contributed by atoms with Crippen LogP contribution in [0.15, 0.2) is 21.9 Å². The number of amides is 1. The third-order valence-corrected chi connectivity index (χ3v) is 4.88. The fourth-order valence-corrected chi connectivity index (χ4v) is 3.70. The molecule has 8 heteroatoms. The number of nitrogens with one attached hydrogen (secondary N) is 1. The van der Waals surface area contributed by atoms with Crippen LogP contribution in [0.5, 0.6) is 0 Å². The number of carbonyl (C=O) groups is 1. The summed E-state index contributed by atoms with van der Waals surface area (Å²) in [4.78, 5) is 19.0. The average molecular weight is 392 g/mol. The molecule has 3 rings (SSSR count). The molecule has 1 N–H and O–H groups in total. The Kier molecular flexibility index (Phi) is 8.22. The lowest BCUT2D eigenvalue weighted by atomic mass is 10.2. The van der Waals surface area contributed by atoms with Crippen molar-refractivity contribution < 1.29 is 9.21 Å². The average Bonchev–Trinajstić information content (AvgIpc) is 3.19. The highest BCUT2D eigenvalue weighted by Gasteiger charge is 2.28. The number of hydrogen-bond donors (Lipinski definition) is 1. The number of rotatable bonds is 5. The molecule has 1 unspecified atom stereocenters. The molecule has 0 radical (unpaired) electrons. The van der Waals surface area contributed by atoms with Crippen LogP contribution in [0, 0.1) is 6.92 Å². The lowest BCUT2D eigenvalue weighted by Gasteiger charge is -2.24. The van der Waals surface area contributed by atoms with Gasteiger partial charge in [-0.25, -0.2) is 4.98 Å². The van der Waals surface area contributed by atoms with Gasteiger partial charge in [0.05, 0.1) is 12.1 Å². The second kappa shape index (κ2) is 9.42. The number of halogens is 2. The second-order valence-corrected chi connectivity index (χ2v) is 6.53. The molecule has 0 aliphatic carbocycles. The maximum absolute atomic E-state index is 12.5. The van der Waals surface area contributed by atoms with Gasteiger partial charge in [0.1, 0.15) is 5.76 Å². The van der Waals surface area contributed by atoms with Gasteiger partial charge in [0.15, 0.2) is 10.8 Å². The van der Waals surface area contributed by atoms with Crippen LogP contribution < -0.4 is 5.32 Å². The molecule has 0 bridgehead atoms. The van der Waals surface area contributed by atoms with Crippen molar-refractivity contribution in [1.29, 1.82) is 0 Å². The van der Waals surface area contributed by atoms with Gasteiger partial charge >= 0.3 is 0 Å². The van der Waals surface area contributed by atoms with Crippen molar-refractivity contribution in [1.82, 2.24) is 15.2 Å². The molecule has 1 aliphatic heterocycles. The molecule has 2 aromatic rings. The number of thiazole rings is 1. The molecule has 3 heterocycles. The van der Waals surface area contributed by atoms with Crippen molar-refractivity contribution in [3.8, 4) is 10.8 Å². The minimum Gasteiger partial charge on any atom is -0.459 e. The van der Waals surface area contributed by atoms with Crippen molar-refractivity contribution in [2.45, 2.75) is 32.2 Å². The molecule has 1 saturated heterocycles. The molecular weight excluding hydrogens is 369 g/mol. The number of furan rings is 1. The van der Waals surface area contributed by atoms with Gasteiger partial charge in [0, 0.05) is 24.5 Å². The standard InChI is InChI=1S/C16H21N3O2S.2ClH/c1-11-5-6-14(21-11)16-18-12(10-22-16)8-15(20)19-7-3-4-13(19)9-17-2;;/h5-6,10,13,17H,3-4,7-9H2,1-2H3;2*1H. The molecule has 1 aliphatic rings. The second-order valence-electron chi connectivity index (χ2n) is 5.67. The first-order valence-corrected chi connectivity index (χ1v) is 8.50. The third-order valence-electron chi connectivity index (χ3n) is 3.97. The summed E-state index contributed by atoms with van der Waals surface area (Å²) in [5.74, 6) is 1.82. The van der Waals surface area contributed by atoms with Crippen molar-refractivity contribution >= 4 is 42.1 Å². The fourth-order valence-electron chi connectivity index (χ4n) is 2.92. The van der Waals surface area contributed by atoms with Gasteiger partial charge in [-0.1, -0.05) is 0 Å². The first-order chi connectivity index (χ1) is 10.7. The summed E-state index contributed by atoms with van der Waals surface area (Å²) in [5.41, 5.74) is 0.828. The summed E-state index contributed by atoms with van der Waals surface area (Å²) >= 11 is 1.52. The van der Waals surface area contributed by atoms with Gasteiger partial charge in [-0.2, -0.15) is 0 Å². The smallest absolute Gasteiger partial charge is 0.228 e. The summed E-state index contributed by atoms with van der Waals surface area (Å²) in [6, 6.07) is 4.17. The summed E-state index contributed by atoms with van der Waals surface area (Å²) < 4.78 is 5.58. The molecule has 0 aromatic carbocycles. The highest BCUT2D eigenvalue weighted by atomic mass is 35.5. The minimum atomic E-state index is 0. The predicted octanol–water partition coefficient (Wildman–Crippen LogP) is 3.31. The van der Waals surface area contributed by atoms with Gasteiger partial charge < -0.3 is 14.6 Å². The molecule has 1 amide bonds. The van der Waals surface area contributed by atoms with E-state index in [-0.39, 0.29) is 30.7 Å². The molecule has 24 heavy (non-hydrogen) atoms. The molecular formula is C16H23Cl2N3O2S. The maximum Gasteiger partial charge on any atom is 0.228 e. The van der Waals surface area contributed by atoms with E-state index in [1.54, 1.807) is 0 Å². The van der Waals surface area contributed by atoms with Crippen LogP contribution in [0.2, 0.25) is 0 Å².